The molecule has 2 aromatic rings. The zero-order valence-corrected chi connectivity index (χ0v) is 24.5. The highest BCUT2D eigenvalue weighted by Gasteiger charge is 2.44. The maximum absolute atomic E-state index is 12.8. The van der Waals surface area contributed by atoms with Gasteiger partial charge in [0.15, 0.2) is 0 Å². The minimum Gasteiger partial charge on any atom is -0.338 e. The highest BCUT2D eigenvalue weighted by Crippen LogP contribution is 2.48. The molecule has 3 aliphatic rings. The number of nitrogens with zero attached hydrogens (tertiary/aromatic N) is 5. The van der Waals surface area contributed by atoms with Crippen LogP contribution in [0.1, 0.15) is 52.0 Å². The first-order valence-corrected chi connectivity index (χ1v) is 14.8. The van der Waals surface area contributed by atoms with Gasteiger partial charge in [0.25, 0.3) is 0 Å². The monoisotopic (exact) mass is 564 g/mol. The quantitative estimate of drug-likeness (QED) is 0.485. The van der Waals surface area contributed by atoms with Crippen LogP contribution in [0.2, 0.25) is 0 Å². The van der Waals surface area contributed by atoms with E-state index in [9.17, 15) is 14.4 Å². The summed E-state index contributed by atoms with van der Waals surface area (Å²) >= 11 is 0. The van der Waals surface area contributed by atoms with Gasteiger partial charge in [0, 0.05) is 44.5 Å². The minimum absolute atomic E-state index is 0.139. The highest BCUT2D eigenvalue weighted by molar-refractivity contribution is 5.89. The zero-order chi connectivity index (χ0) is 29.4. The van der Waals surface area contributed by atoms with Gasteiger partial charge in [0.2, 0.25) is 5.91 Å². The Morgan fingerprint density at radius 3 is 2.20 bits per heavy atom. The van der Waals surface area contributed by atoms with E-state index in [1.54, 1.807) is 35.9 Å². The minimum atomic E-state index is -0.945. The molecule has 1 saturated carbocycles. The normalized spacial score (nSPS) is 20.5. The summed E-state index contributed by atoms with van der Waals surface area (Å²) in [5, 5.41) is 2.71. The van der Waals surface area contributed by atoms with Crippen molar-refractivity contribution >= 4 is 17.8 Å². The highest BCUT2D eigenvalue weighted by atomic mass is 16.2. The van der Waals surface area contributed by atoms with E-state index in [4.69, 9.17) is 11.5 Å². The summed E-state index contributed by atoms with van der Waals surface area (Å²) in [7, 11) is 0. The average Bonchev–Trinajstić information content (AvgIpc) is 2.92. The predicted molar refractivity (Wildman–Crippen MR) is 159 cm³/mol. The first kappa shape index (κ1) is 29.2. The fourth-order valence-electron chi connectivity index (χ4n) is 6.54. The number of piperidine rings is 1. The second kappa shape index (κ2) is 11.5. The molecule has 41 heavy (non-hydrogen) atoms. The van der Waals surface area contributed by atoms with Gasteiger partial charge in [-0.05, 0) is 95.1 Å². The van der Waals surface area contributed by atoms with Crippen LogP contribution in [-0.2, 0) is 11.2 Å². The molecule has 0 bridgehead atoms. The number of nitrogens with two attached hydrogens (primary N) is 2. The lowest BCUT2D eigenvalue weighted by atomic mass is 9.60. The molecule has 3 amide bonds. The van der Waals surface area contributed by atoms with Crippen molar-refractivity contribution in [3.63, 3.8) is 0 Å². The van der Waals surface area contributed by atoms with Crippen molar-refractivity contribution in [2.24, 2.45) is 16.9 Å². The van der Waals surface area contributed by atoms with Crippen LogP contribution in [0, 0.1) is 5.41 Å². The van der Waals surface area contributed by atoms with E-state index in [1.807, 2.05) is 12.1 Å². The topological polar surface area (TPSA) is 143 Å². The van der Waals surface area contributed by atoms with Gasteiger partial charge in [0.1, 0.15) is 5.82 Å². The largest absolute Gasteiger partial charge is 0.354 e. The summed E-state index contributed by atoms with van der Waals surface area (Å²) in [6.07, 6.45) is 7.46. The third-order valence-electron chi connectivity index (χ3n) is 9.06. The summed E-state index contributed by atoms with van der Waals surface area (Å²) in [6, 6.07) is 10.1. The Balaban J connectivity index is 1.12. The van der Waals surface area contributed by atoms with Gasteiger partial charge >= 0.3 is 11.7 Å². The average molecular weight is 565 g/mol. The number of rotatable bonds is 6. The number of carbonyl (C=O) groups is 2. The second-order valence-electron chi connectivity index (χ2n) is 12.8. The lowest BCUT2D eigenvalue weighted by Gasteiger charge is -2.52. The first-order chi connectivity index (χ1) is 19.4. The number of amides is 3. The molecule has 3 fully saturated rings. The maximum Gasteiger partial charge on any atom is 0.354 e. The molecule has 3 heterocycles. The SMILES string of the molecule is CC(Cc1ccc(-n2ccc(NC(=O)N3CCN(C(=O)C(C)(C)N)CC3)nc2=O)cc1)N1CCC2(CC1)CC(N)C2. The first-order valence-electron chi connectivity index (χ1n) is 14.8. The van der Waals surface area contributed by atoms with Gasteiger partial charge < -0.3 is 26.2 Å². The predicted octanol–water partition coefficient (Wildman–Crippen LogP) is 1.78. The molecular weight excluding hydrogens is 520 g/mol. The number of urea groups is 1. The summed E-state index contributed by atoms with van der Waals surface area (Å²) in [5.74, 6) is 0.0514. The summed E-state index contributed by atoms with van der Waals surface area (Å²) in [6.45, 7) is 9.49. The molecule has 11 heteroatoms. The van der Waals surface area contributed by atoms with Crippen LogP contribution >= 0.6 is 0 Å². The number of benzene rings is 1. The lowest BCUT2D eigenvalue weighted by molar-refractivity contribution is -0.137. The van der Waals surface area contributed by atoms with Gasteiger partial charge in [0.05, 0.1) is 11.2 Å². The van der Waals surface area contributed by atoms with Crippen molar-refractivity contribution < 1.29 is 9.59 Å². The summed E-state index contributed by atoms with van der Waals surface area (Å²) in [5.41, 5.74) is 13.0. The number of nitrogens with one attached hydrogen (secondary N) is 1. The van der Waals surface area contributed by atoms with E-state index in [1.165, 1.54) is 35.8 Å². The molecule has 2 aliphatic heterocycles. The second-order valence-corrected chi connectivity index (χ2v) is 12.8. The van der Waals surface area contributed by atoms with Crippen molar-refractivity contribution in [2.75, 3.05) is 44.6 Å². The van der Waals surface area contributed by atoms with Crippen LogP contribution in [0.4, 0.5) is 10.6 Å². The molecule has 1 unspecified atom stereocenters. The van der Waals surface area contributed by atoms with Crippen molar-refractivity contribution in [3.05, 3.63) is 52.6 Å². The van der Waals surface area contributed by atoms with Crippen LogP contribution in [0.3, 0.4) is 0 Å². The van der Waals surface area contributed by atoms with Gasteiger partial charge in [-0.15, -0.1) is 0 Å². The molecule has 2 saturated heterocycles. The van der Waals surface area contributed by atoms with Crippen molar-refractivity contribution in [1.82, 2.24) is 24.3 Å². The Morgan fingerprint density at radius 1 is 1.02 bits per heavy atom. The van der Waals surface area contributed by atoms with Crippen LogP contribution in [0.15, 0.2) is 41.3 Å². The van der Waals surface area contributed by atoms with E-state index in [2.05, 4.69) is 34.3 Å². The molecule has 1 atom stereocenters. The molecular formula is C30H44N8O3. The molecule has 0 radical (unpaired) electrons. The summed E-state index contributed by atoms with van der Waals surface area (Å²) in [4.78, 5) is 47.8. The third kappa shape index (κ3) is 6.63. The summed E-state index contributed by atoms with van der Waals surface area (Å²) < 4.78 is 1.47. The molecule has 1 aliphatic carbocycles. The maximum atomic E-state index is 12.8. The number of carbonyl (C=O) groups excluding carboxylic acids is 2. The molecule has 1 aromatic carbocycles. The van der Waals surface area contributed by atoms with Gasteiger partial charge in [-0.25, -0.2) is 9.59 Å². The number of anilines is 1. The number of hydrogen-bond acceptors (Lipinski definition) is 7. The van der Waals surface area contributed by atoms with Gasteiger partial charge in [-0.2, -0.15) is 4.98 Å². The van der Waals surface area contributed by atoms with E-state index in [0.29, 0.717) is 43.7 Å². The molecule has 5 N–H and O–H groups in total. The Labute approximate surface area is 241 Å². The van der Waals surface area contributed by atoms with Gasteiger partial charge in [-0.1, -0.05) is 12.1 Å². The number of piperazine rings is 1. The number of aromatic nitrogens is 2. The van der Waals surface area contributed by atoms with Crippen molar-refractivity contribution in [2.45, 2.75) is 70.5 Å². The third-order valence-corrected chi connectivity index (χ3v) is 9.06. The van der Waals surface area contributed by atoms with E-state index in [-0.39, 0.29) is 17.8 Å². The number of likely N-dealkylation sites (tertiary alicyclic amines) is 1. The molecule has 1 spiro atoms. The molecule has 11 nitrogen and oxygen atoms in total. The van der Waals surface area contributed by atoms with Gasteiger partial charge in [-0.3, -0.25) is 14.7 Å². The fourth-order valence-corrected chi connectivity index (χ4v) is 6.54. The Morgan fingerprint density at radius 2 is 1.63 bits per heavy atom. The van der Waals surface area contributed by atoms with E-state index >= 15 is 0 Å². The van der Waals surface area contributed by atoms with Crippen molar-refractivity contribution in [3.8, 4) is 5.69 Å². The fraction of sp³-hybridized carbons (Fsp3) is 0.600. The van der Waals surface area contributed by atoms with Crippen LogP contribution in [0.25, 0.3) is 5.69 Å². The Hall–Kier alpha value is -3.28. The van der Waals surface area contributed by atoms with Crippen LogP contribution in [-0.4, -0.2) is 93.1 Å². The standard InChI is InChI=1S/C30H44N8O3/c1-21(35-12-9-30(10-13-35)19-23(31)20-30)18-22-4-6-24(7-5-22)38-11-8-25(34-28(38)41)33-27(40)37-16-14-36(15-17-37)26(39)29(2,3)32/h4-8,11,21,23H,9-10,12-20,31-32H2,1-3H3,(H,33,34,40,41). The van der Waals surface area contributed by atoms with Crippen LogP contribution in [0.5, 0.6) is 0 Å². The number of hydrogen-bond donors (Lipinski definition) is 3. The zero-order valence-electron chi connectivity index (χ0n) is 24.5. The van der Waals surface area contributed by atoms with Crippen molar-refractivity contribution in [1.29, 1.82) is 0 Å². The Kier molecular flexibility index (Phi) is 8.22. The molecule has 5 rings (SSSR count). The smallest absolute Gasteiger partial charge is 0.338 e. The lowest BCUT2D eigenvalue weighted by Crippen LogP contribution is -2.58. The molecule has 1 aromatic heterocycles. The van der Waals surface area contributed by atoms with Crippen LogP contribution < -0.4 is 22.5 Å². The molecule has 222 valence electrons. The Bertz CT molecular complexity index is 1290. The van der Waals surface area contributed by atoms with E-state index in [0.717, 1.165) is 25.2 Å². The van der Waals surface area contributed by atoms with E-state index < -0.39 is 11.2 Å².